The molecule has 10 nitrogen and oxygen atoms in total. The van der Waals surface area contributed by atoms with Gasteiger partial charge in [-0.2, -0.15) is 0 Å². The molecule has 0 bridgehead atoms. The molecule has 156 valence electrons. The van der Waals surface area contributed by atoms with Crippen LogP contribution >= 0.6 is 15.9 Å². The molecule has 0 saturated carbocycles. The number of hydrogen-bond acceptors (Lipinski definition) is 8. The Bertz CT molecular complexity index is 1070. The molecule has 2 aromatic rings. The van der Waals surface area contributed by atoms with Gasteiger partial charge in [-0.1, -0.05) is 7.43 Å². The molecule has 8 N–H and O–H groups in total. The van der Waals surface area contributed by atoms with Crippen molar-refractivity contribution in [1.82, 2.24) is 0 Å². The lowest BCUT2D eigenvalue weighted by Crippen LogP contribution is -2.14. The summed E-state index contributed by atoms with van der Waals surface area (Å²) in [5.74, 6) is -0.710. The van der Waals surface area contributed by atoms with Crippen molar-refractivity contribution in [1.29, 1.82) is 0 Å². The van der Waals surface area contributed by atoms with Crippen LogP contribution in [0.4, 0.5) is 11.4 Å². The summed E-state index contributed by atoms with van der Waals surface area (Å²) in [5.41, 5.74) is 11.5. The van der Waals surface area contributed by atoms with Crippen LogP contribution in [0.15, 0.2) is 50.7 Å². The van der Waals surface area contributed by atoms with Gasteiger partial charge in [0, 0.05) is 15.8 Å². The number of primary sulfonamides is 2. The Hall–Kier alpha value is -2.19. The average Bonchev–Trinajstić information content (AvgIpc) is 2.55. The molecule has 0 saturated heterocycles. The maximum absolute atomic E-state index is 11.2. The Morgan fingerprint density at radius 1 is 0.893 bits per heavy atom. The second-order valence-electron chi connectivity index (χ2n) is 5.01. The highest BCUT2D eigenvalue weighted by atomic mass is 79.9. The highest BCUT2D eigenvalue weighted by Gasteiger charge is 2.15. The van der Waals surface area contributed by atoms with Crippen molar-refractivity contribution < 1.29 is 26.4 Å². The van der Waals surface area contributed by atoms with E-state index < -0.39 is 26.0 Å². The summed E-state index contributed by atoms with van der Waals surface area (Å²) in [5, 5.41) is 9.78. The molecule has 0 radical (unpaired) electrons. The summed E-state index contributed by atoms with van der Waals surface area (Å²) in [6.45, 7) is 0. The lowest BCUT2D eigenvalue weighted by molar-refractivity contribution is 0.0601. The Morgan fingerprint density at radius 3 is 1.71 bits per heavy atom. The zero-order chi connectivity index (χ0) is 21.0. The molecule has 2 rings (SSSR count). The molecule has 28 heavy (non-hydrogen) atoms. The fraction of sp³-hybridized carbons (Fsp3) is 0.133. The maximum atomic E-state index is 11.2. The van der Waals surface area contributed by atoms with Crippen LogP contribution in [-0.2, 0) is 24.8 Å². The fourth-order valence-electron chi connectivity index (χ4n) is 1.68. The standard InChI is InChI=1S/C8H10N2O4S.C6H7BrN2O2S.CH4/c1-14-8(11)6-4-5(15(10,12)13)2-3-7(6)9;7-5-3-4(12(9,10)11)1-2-6(5)8;/h2-4H,9H2,1H3,(H2,10,12,13);1-3H,8H2,(H2,9,10,11);1H4. The number of hydrogen-bond donors (Lipinski definition) is 4. The second kappa shape index (κ2) is 9.84. The molecule has 0 spiro atoms. The molecule has 2 aromatic carbocycles. The normalized spacial score (nSPS) is 10.9. The second-order valence-corrected chi connectivity index (χ2v) is 8.99. The molecular formula is C15H21BrN4O6S2. The number of methoxy groups -OCH3 is 1. The zero-order valence-electron chi connectivity index (χ0n) is 13.9. The van der Waals surface area contributed by atoms with E-state index in [1.54, 1.807) is 0 Å². The van der Waals surface area contributed by atoms with E-state index >= 15 is 0 Å². The van der Waals surface area contributed by atoms with Gasteiger partial charge in [-0.05, 0) is 52.3 Å². The van der Waals surface area contributed by atoms with E-state index in [9.17, 15) is 21.6 Å². The number of nitrogen functional groups attached to an aromatic ring is 2. The molecule has 0 amide bonds. The molecular weight excluding hydrogens is 476 g/mol. The summed E-state index contributed by atoms with van der Waals surface area (Å²) in [6, 6.07) is 7.78. The van der Waals surface area contributed by atoms with Crippen molar-refractivity contribution in [2.75, 3.05) is 18.6 Å². The van der Waals surface area contributed by atoms with Gasteiger partial charge in [0.05, 0.1) is 22.5 Å². The molecule has 13 heteroatoms. The van der Waals surface area contributed by atoms with Crippen LogP contribution < -0.4 is 21.7 Å². The monoisotopic (exact) mass is 496 g/mol. The van der Waals surface area contributed by atoms with Crippen LogP contribution in [0.3, 0.4) is 0 Å². The van der Waals surface area contributed by atoms with Crippen LogP contribution in [-0.4, -0.2) is 29.9 Å². The molecule has 0 fully saturated rings. The van der Waals surface area contributed by atoms with Crippen molar-refractivity contribution in [3.05, 3.63) is 46.4 Å². The molecule has 0 aliphatic rings. The summed E-state index contributed by atoms with van der Waals surface area (Å²) in [6.07, 6.45) is 0. The first-order chi connectivity index (χ1) is 12.3. The third-order valence-electron chi connectivity index (χ3n) is 3.06. The number of halogens is 1. The summed E-state index contributed by atoms with van der Waals surface area (Å²) < 4.78 is 48.6. The summed E-state index contributed by atoms with van der Waals surface area (Å²) in [4.78, 5) is 11.0. The van der Waals surface area contributed by atoms with Crippen molar-refractivity contribution in [3.63, 3.8) is 0 Å². The smallest absolute Gasteiger partial charge is 0.339 e. The van der Waals surface area contributed by atoms with Crippen molar-refractivity contribution in [2.45, 2.75) is 17.2 Å². The summed E-state index contributed by atoms with van der Waals surface area (Å²) >= 11 is 3.09. The number of rotatable bonds is 3. The van der Waals surface area contributed by atoms with Crippen LogP contribution in [0, 0.1) is 0 Å². The zero-order valence-corrected chi connectivity index (χ0v) is 17.1. The first-order valence-corrected chi connectivity index (χ1v) is 10.7. The van der Waals surface area contributed by atoms with E-state index in [-0.39, 0.29) is 28.5 Å². The molecule has 0 aliphatic carbocycles. The van der Waals surface area contributed by atoms with Gasteiger partial charge >= 0.3 is 5.97 Å². The lowest BCUT2D eigenvalue weighted by Gasteiger charge is -2.05. The Labute approximate surface area is 172 Å². The number of anilines is 2. The van der Waals surface area contributed by atoms with E-state index in [2.05, 4.69) is 20.7 Å². The molecule has 0 heterocycles. The molecule has 0 atom stereocenters. The lowest BCUT2D eigenvalue weighted by atomic mass is 10.2. The fourth-order valence-corrected chi connectivity index (χ4v) is 3.29. The first-order valence-electron chi connectivity index (χ1n) is 6.86. The third-order valence-corrected chi connectivity index (χ3v) is 5.57. The van der Waals surface area contributed by atoms with Crippen LogP contribution in [0.25, 0.3) is 0 Å². The predicted octanol–water partition coefficient (Wildman–Crippen LogP) is 1.02. The minimum Gasteiger partial charge on any atom is -0.465 e. The summed E-state index contributed by atoms with van der Waals surface area (Å²) in [7, 11) is -6.30. The maximum Gasteiger partial charge on any atom is 0.339 e. The Morgan fingerprint density at radius 2 is 1.32 bits per heavy atom. The van der Waals surface area contributed by atoms with Crippen LogP contribution in [0.2, 0.25) is 0 Å². The van der Waals surface area contributed by atoms with Crippen LogP contribution in [0.1, 0.15) is 17.8 Å². The van der Waals surface area contributed by atoms with E-state index in [4.69, 9.17) is 21.7 Å². The topological polar surface area (TPSA) is 199 Å². The van der Waals surface area contributed by atoms with Crippen molar-refractivity contribution in [2.24, 2.45) is 10.3 Å². The van der Waals surface area contributed by atoms with Gasteiger partial charge < -0.3 is 16.2 Å². The number of esters is 1. The Balaban J connectivity index is 0.000000514. The largest absolute Gasteiger partial charge is 0.465 e. The van der Waals surface area contributed by atoms with Gasteiger partial charge in [-0.15, -0.1) is 0 Å². The molecule has 0 unspecified atom stereocenters. The van der Waals surface area contributed by atoms with Gasteiger partial charge in [-0.3, -0.25) is 0 Å². The quantitative estimate of drug-likeness (QED) is 0.356. The highest BCUT2D eigenvalue weighted by molar-refractivity contribution is 9.10. The number of benzene rings is 2. The number of nitrogens with two attached hydrogens (primary N) is 4. The predicted molar refractivity (Wildman–Crippen MR) is 110 cm³/mol. The van der Waals surface area contributed by atoms with Gasteiger partial charge in [0.15, 0.2) is 0 Å². The van der Waals surface area contributed by atoms with Gasteiger partial charge in [-0.25, -0.2) is 31.9 Å². The van der Waals surface area contributed by atoms with E-state index in [1.165, 1.54) is 37.4 Å². The number of ether oxygens (including phenoxy) is 1. The molecule has 0 aliphatic heterocycles. The van der Waals surface area contributed by atoms with Gasteiger partial charge in [0.25, 0.3) is 0 Å². The van der Waals surface area contributed by atoms with E-state index in [1.807, 2.05) is 0 Å². The van der Waals surface area contributed by atoms with Crippen molar-refractivity contribution >= 4 is 53.3 Å². The van der Waals surface area contributed by atoms with E-state index in [0.717, 1.165) is 6.07 Å². The average molecular weight is 497 g/mol. The van der Waals surface area contributed by atoms with Gasteiger partial charge in [0.1, 0.15) is 0 Å². The Kier molecular flexibility index (Phi) is 9.07. The van der Waals surface area contributed by atoms with Gasteiger partial charge in [0.2, 0.25) is 20.0 Å². The first kappa shape index (κ1) is 25.8. The van der Waals surface area contributed by atoms with Crippen LogP contribution in [0.5, 0.6) is 0 Å². The highest BCUT2D eigenvalue weighted by Crippen LogP contribution is 2.22. The SMILES string of the molecule is C.COC(=O)c1cc(S(N)(=O)=O)ccc1N.Nc1ccc(S(N)(=O)=O)cc1Br. The minimum absolute atomic E-state index is 0. The number of carbonyl (C=O) groups is 1. The van der Waals surface area contributed by atoms with E-state index in [0.29, 0.717) is 10.2 Å². The third kappa shape index (κ3) is 7.09. The molecule has 0 aromatic heterocycles. The minimum atomic E-state index is -3.85. The number of carbonyl (C=O) groups excluding carboxylic acids is 1. The van der Waals surface area contributed by atoms with Crippen molar-refractivity contribution in [3.8, 4) is 0 Å². The number of sulfonamides is 2.